The molecule has 0 saturated carbocycles. The largest absolute Gasteiger partial charge is 0.495 e. The molecule has 0 bridgehead atoms. The Bertz CT molecular complexity index is 746. The van der Waals surface area contributed by atoms with Gasteiger partial charge in [0.05, 0.1) is 19.4 Å². The number of halogens is 1. The van der Waals surface area contributed by atoms with E-state index < -0.39 is 10.0 Å². The molecule has 21 heavy (non-hydrogen) atoms. The quantitative estimate of drug-likeness (QED) is 0.885. The molecule has 0 aliphatic heterocycles. The van der Waals surface area contributed by atoms with Crippen molar-refractivity contribution >= 4 is 27.3 Å². The first-order valence-electron chi connectivity index (χ1n) is 6.03. The third-order valence-electron chi connectivity index (χ3n) is 2.85. The van der Waals surface area contributed by atoms with Gasteiger partial charge in [0, 0.05) is 16.7 Å². The van der Waals surface area contributed by atoms with E-state index >= 15 is 0 Å². The fourth-order valence-electron chi connectivity index (χ4n) is 1.82. The number of para-hydroxylation sites is 1. The summed E-state index contributed by atoms with van der Waals surface area (Å²) in [5, 5.41) is 9.62. The number of sulfonamides is 1. The summed E-state index contributed by atoms with van der Waals surface area (Å²) in [6.45, 7) is -0.267. The summed E-state index contributed by atoms with van der Waals surface area (Å²) in [5.74, 6) is 0.150. The van der Waals surface area contributed by atoms with Crippen LogP contribution in [0.5, 0.6) is 5.75 Å². The van der Waals surface area contributed by atoms with Crippen LogP contribution in [-0.2, 0) is 16.6 Å². The summed E-state index contributed by atoms with van der Waals surface area (Å²) in [6.07, 6.45) is 0. The van der Waals surface area contributed by atoms with Gasteiger partial charge < -0.3 is 9.84 Å². The van der Waals surface area contributed by atoms with Crippen molar-refractivity contribution in [3.8, 4) is 5.75 Å². The van der Waals surface area contributed by atoms with E-state index in [0.29, 0.717) is 16.3 Å². The summed E-state index contributed by atoms with van der Waals surface area (Å²) in [5.41, 5.74) is 0.797. The number of nitrogens with one attached hydrogen (secondary N) is 1. The van der Waals surface area contributed by atoms with Crippen LogP contribution in [0.3, 0.4) is 0 Å². The van der Waals surface area contributed by atoms with Crippen molar-refractivity contribution in [3.63, 3.8) is 0 Å². The van der Waals surface area contributed by atoms with Gasteiger partial charge in [-0.1, -0.05) is 29.8 Å². The van der Waals surface area contributed by atoms with Gasteiger partial charge in [0.2, 0.25) is 0 Å². The van der Waals surface area contributed by atoms with Gasteiger partial charge in [0.15, 0.2) is 0 Å². The van der Waals surface area contributed by atoms with E-state index in [1.54, 1.807) is 24.3 Å². The van der Waals surface area contributed by atoms with E-state index in [1.807, 2.05) is 0 Å². The van der Waals surface area contributed by atoms with Crippen molar-refractivity contribution in [3.05, 3.63) is 53.1 Å². The molecule has 2 aromatic rings. The molecule has 0 saturated heterocycles. The van der Waals surface area contributed by atoms with Crippen LogP contribution < -0.4 is 9.46 Å². The Morgan fingerprint density at radius 3 is 2.62 bits per heavy atom. The predicted molar refractivity (Wildman–Crippen MR) is 81.2 cm³/mol. The predicted octanol–water partition coefficient (Wildman–Crippen LogP) is 2.64. The third-order valence-corrected chi connectivity index (χ3v) is 4.49. The number of methoxy groups -OCH3 is 1. The molecule has 2 rings (SSSR count). The molecule has 0 spiro atoms. The fourth-order valence-corrected chi connectivity index (χ4v) is 3.24. The van der Waals surface area contributed by atoms with Gasteiger partial charge in [-0.25, -0.2) is 8.42 Å². The maximum atomic E-state index is 12.4. The number of rotatable bonds is 5. The maximum absolute atomic E-state index is 12.4. The molecule has 2 N–H and O–H groups in total. The molecule has 5 nitrogen and oxygen atoms in total. The summed E-state index contributed by atoms with van der Waals surface area (Å²) in [7, 11) is -2.48. The van der Waals surface area contributed by atoms with Gasteiger partial charge in [0.25, 0.3) is 10.0 Å². The molecular formula is C14H14ClNO4S. The lowest BCUT2D eigenvalue weighted by Gasteiger charge is -2.13. The topological polar surface area (TPSA) is 75.6 Å². The van der Waals surface area contributed by atoms with E-state index in [1.165, 1.54) is 25.3 Å². The van der Waals surface area contributed by atoms with Gasteiger partial charge in [-0.3, -0.25) is 4.72 Å². The molecule has 0 aromatic heterocycles. The fraction of sp³-hybridized carbons (Fsp3) is 0.143. The maximum Gasteiger partial charge on any atom is 0.265 e. The Labute approximate surface area is 128 Å². The standard InChI is InChI=1S/C14H14ClNO4S/c1-20-13-8-11(15)6-7-14(13)21(18,19)16-12-5-3-2-4-10(12)9-17/h2-8,16-17H,9H2,1H3. The van der Waals surface area contributed by atoms with E-state index in [9.17, 15) is 13.5 Å². The van der Waals surface area contributed by atoms with Crippen molar-refractivity contribution in [2.45, 2.75) is 11.5 Å². The first-order valence-corrected chi connectivity index (χ1v) is 7.89. The van der Waals surface area contributed by atoms with Crippen molar-refractivity contribution in [2.24, 2.45) is 0 Å². The highest BCUT2D eigenvalue weighted by Gasteiger charge is 2.20. The monoisotopic (exact) mass is 327 g/mol. The summed E-state index contributed by atoms with van der Waals surface area (Å²) < 4.78 is 32.4. The molecule has 0 atom stereocenters. The second-order valence-electron chi connectivity index (χ2n) is 4.22. The first kappa shape index (κ1) is 15.6. The van der Waals surface area contributed by atoms with Crippen molar-refractivity contribution in [2.75, 3.05) is 11.8 Å². The van der Waals surface area contributed by atoms with Gasteiger partial charge in [-0.2, -0.15) is 0 Å². The Kier molecular flexibility index (Phi) is 4.72. The third kappa shape index (κ3) is 3.47. The zero-order chi connectivity index (χ0) is 15.5. The van der Waals surface area contributed by atoms with E-state index in [0.717, 1.165) is 0 Å². The molecule has 0 heterocycles. The first-order chi connectivity index (χ1) is 9.97. The number of hydrogen-bond donors (Lipinski definition) is 2. The number of aliphatic hydroxyl groups is 1. The van der Waals surface area contributed by atoms with Gasteiger partial charge in [-0.05, 0) is 18.2 Å². The van der Waals surface area contributed by atoms with Crippen LogP contribution in [0.1, 0.15) is 5.56 Å². The molecule has 0 aliphatic rings. The van der Waals surface area contributed by atoms with E-state index in [-0.39, 0.29) is 17.3 Å². The van der Waals surface area contributed by atoms with E-state index in [4.69, 9.17) is 16.3 Å². The SMILES string of the molecule is COc1cc(Cl)ccc1S(=O)(=O)Nc1ccccc1CO. The smallest absolute Gasteiger partial charge is 0.265 e. The molecule has 0 unspecified atom stereocenters. The second kappa shape index (κ2) is 6.34. The highest BCUT2D eigenvalue weighted by atomic mass is 35.5. The lowest BCUT2D eigenvalue weighted by atomic mass is 10.2. The Morgan fingerprint density at radius 1 is 1.24 bits per heavy atom. The van der Waals surface area contributed by atoms with Crippen molar-refractivity contribution in [1.82, 2.24) is 0 Å². The zero-order valence-electron chi connectivity index (χ0n) is 11.2. The van der Waals surface area contributed by atoms with Crippen LogP contribution in [0.15, 0.2) is 47.4 Å². The summed E-state index contributed by atoms with van der Waals surface area (Å²) in [4.78, 5) is -0.0258. The van der Waals surface area contributed by atoms with Crippen LogP contribution in [0.4, 0.5) is 5.69 Å². The van der Waals surface area contributed by atoms with Crippen LogP contribution in [0.25, 0.3) is 0 Å². The molecule has 0 amide bonds. The molecule has 112 valence electrons. The lowest BCUT2D eigenvalue weighted by Crippen LogP contribution is -2.15. The molecule has 0 radical (unpaired) electrons. The minimum atomic E-state index is -3.85. The summed E-state index contributed by atoms with van der Waals surface area (Å²) in [6, 6.07) is 10.9. The zero-order valence-corrected chi connectivity index (χ0v) is 12.8. The van der Waals surface area contributed by atoms with Crippen molar-refractivity contribution in [1.29, 1.82) is 0 Å². The Morgan fingerprint density at radius 2 is 1.95 bits per heavy atom. The van der Waals surface area contributed by atoms with Crippen molar-refractivity contribution < 1.29 is 18.3 Å². The number of hydrogen-bond acceptors (Lipinski definition) is 4. The lowest BCUT2D eigenvalue weighted by molar-refractivity contribution is 0.282. The number of anilines is 1. The molecule has 7 heteroatoms. The minimum Gasteiger partial charge on any atom is -0.495 e. The van der Waals surface area contributed by atoms with Gasteiger partial charge >= 0.3 is 0 Å². The Balaban J connectivity index is 2.43. The molecular weight excluding hydrogens is 314 g/mol. The summed E-state index contributed by atoms with van der Waals surface area (Å²) >= 11 is 5.83. The minimum absolute atomic E-state index is 0.0258. The molecule has 0 fully saturated rings. The molecule has 2 aromatic carbocycles. The van der Waals surface area contributed by atoms with Crippen LogP contribution >= 0.6 is 11.6 Å². The second-order valence-corrected chi connectivity index (χ2v) is 6.30. The molecule has 0 aliphatic carbocycles. The average Bonchev–Trinajstić information content (AvgIpc) is 2.47. The number of ether oxygens (including phenoxy) is 1. The van der Waals surface area contributed by atoms with Crippen LogP contribution in [-0.4, -0.2) is 20.6 Å². The number of benzene rings is 2. The van der Waals surface area contributed by atoms with Gasteiger partial charge in [0.1, 0.15) is 10.6 Å². The van der Waals surface area contributed by atoms with Crippen LogP contribution in [0.2, 0.25) is 5.02 Å². The normalized spacial score (nSPS) is 11.2. The van der Waals surface area contributed by atoms with E-state index in [2.05, 4.69) is 4.72 Å². The average molecular weight is 328 g/mol. The highest BCUT2D eigenvalue weighted by Crippen LogP contribution is 2.29. The van der Waals surface area contributed by atoms with Gasteiger partial charge in [-0.15, -0.1) is 0 Å². The highest BCUT2D eigenvalue weighted by molar-refractivity contribution is 7.92. The Hall–Kier alpha value is -1.76. The number of aliphatic hydroxyl groups excluding tert-OH is 1. The van der Waals surface area contributed by atoms with Crippen LogP contribution in [0, 0.1) is 0 Å².